The molecule has 0 radical (unpaired) electrons. The molecule has 1 heterocycles. The maximum absolute atomic E-state index is 9.09. The SMILES string of the molecule is Cn1c(N)nc2cccc(CO)c21. The predicted octanol–water partition coefficient (Wildman–Crippen LogP) is 0.648. The van der Waals surface area contributed by atoms with E-state index in [4.69, 9.17) is 10.8 Å². The summed E-state index contributed by atoms with van der Waals surface area (Å²) in [7, 11) is 1.84. The Balaban J connectivity index is 2.87. The standard InChI is InChI=1S/C9H11N3O/c1-12-8-6(5-13)3-2-4-7(8)11-9(12)10/h2-4,13H,5H2,1H3,(H2,10,11). The number of nitrogen functional groups attached to an aromatic ring is 1. The van der Waals surface area contributed by atoms with Crippen LogP contribution in [0.4, 0.5) is 5.95 Å². The molecule has 0 amide bonds. The van der Waals surface area contributed by atoms with E-state index in [1.54, 1.807) is 4.57 Å². The van der Waals surface area contributed by atoms with Gasteiger partial charge in [-0.25, -0.2) is 4.98 Å². The quantitative estimate of drug-likeness (QED) is 0.672. The van der Waals surface area contributed by atoms with E-state index in [-0.39, 0.29) is 6.61 Å². The van der Waals surface area contributed by atoms with Crippen LogP contribution < -0.4 is 5.73 Å². The van der Waals surface area contributed by atoms with E-state index in [2.05, 4.69) is 4.98 Å². The smallest absolute Gasteiger partial charge is 0.200 e. The maximum atomic E-state index is 9.09. The topological polar surface area (TPSA) is 64.1 Å². The lowest BCUT2D eigenvalue weighted by Gasteiger charge is -2.01. The first-order valence-electron chi connectivity index (χ1n) is 4.04. The molecule has 1 aromatic carbocycles. The third kappa shape index (κ3) is 1.07. The van der Waals surface area contributed by atoms with Crippen LogP contribution >= 0.6 is 0 Å². The summed E-state index contributed by atoms with van der Waals surface area (Å²) in [6.07, 6.45) is 0. The summed E-state index contributed by atoms with van der Waals surface area (Å²) in [5.74, 6) is 0.468. The van der Waals surface area contributed by atoms with Crippen LogP contribution in [0.25, 0.3) is 11.0 Å². The Morgan fingerprint density at radius 2 is 2.31 bits per heavy atom. The van der Waals surface area contributed by atoms with Gasteiger partial charge in [-0.1, -0.05) is 12.1 Å². The molecule has 2 aromatic rings. The summed E-state index contributed by atoms with van der Waals surface area (Å²) in [4.78, 5) is 4.15. The number of aryl methyl sites for hydroxylation is 1. The van der Waals surface area contributed by atoms with Crippen molar-refractivity contribution in [1.29, 1.82) is 0 Å². The average Bonchev–Trinajstić information content (AvgIpc) is 2.43. The van der Waals surface area contributed by atoms with Crippen molar-refractivity contribution >= 4 is 17.0 Å². The second-order valence-corrected chi connectivity index (χ2v) is 2.97. The minimum atomic E-state index is 0.0102. The minimum absolute atomic E-state index is 0.0102. The number of hydrogen-bond acceptors (Lipinski definition) is 3. The number of nitrogens with two attached hydrogens (primary N) is 1. The van der Waals surface area contributed by atoms with Gasteiger partial charge in [0, 0.05) is 12.6 Å². The molecule has 0 unspecified atom stereocenters. The van der Waals surface area contributed by atoms with Crippen LogP contribution in [-0.2, 0) is 13.7 Å². The highest BCUT2D eigenvalue weighted by molar-refractivity contribution is 5.81. The largest absolute Gasteiger partial charge is 0.392 e. The number of hydrogen-bond donors (Lipinski definition) is 2. The zero-order chi connectivity index (χ0) is 9.42. The number of aliphatic hydroxyl groups excluding tert-OH is 1. The molecule has 0 saturated heterocycles. The normalized spacial score (nSPS) is 10.9. The number of aromatic nitrogens is 2. The van der Waals surface area contributed by atoms with Gasteiger partial charge in [0.2, 0.25) is 5.95 Å². The highest BCUT2D eigenvalue weighted by Crippen LogP contribution is 2.20. The van der Waals surface area contributed by atoms with Gasteiger partial charge in [0.1, 0.15) is 0 Å². The first-order valence-corrected chi connectivity index (χ1v) is 4.04. The highest BCUT2D eigenvalue weighted by atomic mass is 16.3. The van der Waals surface area contributed by atoms with Crippen molar-refractivity contribution in [3.05, 3.63) is 23.8 Å². The Bertz CT molecular complexity index is 447. The lowest BCUT2D eigenvalue weighted by molar-refractivity contribution is 0.283. The number of nitrogens with zero attached hydrogens (tertiary/aromatic N) is 2. The molecule has 4 nitrogen and oxygen atoms in total. The Labute approximate surface area is 75.6 Å². The number of anilines is 1. The van der Waals surface area contributed by atoms with Gasteiger partial charge in [0.25, 0.3) is 0 Å². The fourth-order valence-electron chi connectivity index (χ4n) is 1.50. The fraction of sp³-hybridized carbons (Fsp3) is 0.222. The number of benzene rings is 1. The lowest BCUT2D eigenvalue weighted by Crippen LogP contribution is -1.98. The van der Waals surface area contributed by atoms with Crippen molar-refractivity contribution in [2.45, 2.75) is 6.61 Å². The zero-order valence-corrected chi connectivity index (χ0v) is 7.36. The molecule has 1 aromatic heterocycles. The van der Waals surface area contributed by atoms with Gasteiger partial charge in [0.05, 0.1) is 17.6 Å². The summed E-state index contributed by atoms with van der Waals surface area (Å²) in [6, 6.07) is 5.61. The van der Waals surface area contributed by atoms with E-state index in [1.807, 2.05) is 25.2 Å². The van der Waals surface area contributed by atoms with Crippen LogP contribution in [0.2, 0.25) is 0 Å². The van der Waals surface area contributed by atoms with Crippen LogP contribution in [-0.4, -0.2) is 14.7 Å². The first-order chi connectivity index (χ1) is 6.24. The summed E-state index contributed by atoms with van der Waals surface area (Å²) in [6.45, 7) is 0.0102. The van der Waals surface area contributed by atoms with Crippen molar-refractivity contribution in [2.24, 2.45) is 7.05 Å². The van der Waals surface area contributed by atoms with Gasteiger partial charge >= 0.3 is 0 Å². The van der Waals surface area contributed by atoms with E-state index < -0.39 is 0 Å². The molecular formula is C9H11N3O. The van der Waals surface area contributed by atoms with Gasteiger partial charge in [0.15, 0.2) is 0 Å². The molecular weight excluding hydrogens is 166 g/mol. The number of para-hydroxylation sites is 1. The molecule has 0 atom stereocenters. The zero-order valence-electron chi connectivity index (χ0n) is 7.36. The Morgan fingerprint density at radius 1 is 1.54 bits per heavy atom. The molecule has 0 spiro atoms. The Morgan fingerprint density at radius 3 is 3.00 bits per heavy atom. The Hall–Kier alpha value is -1.55. The van der Waals surface area contributed by atoms with E-state index in [9.17, 15) is 0 Å². The molecule has 0 bridgehead atoms. The molecule has 0 saturated carbocycles. The van der Waals surface area contributed by atoms with Crippen LogP contribution in [0.1, 0.15) is 5.56 Å². The molecule has 4 heteroatoms. The number of imidazole rings is 1. The number of fused-ring (bicyclic) bond motifs is 1. The second-order valence-electron chi connectivity index (χ2n) is 2.97. The van der Waals surface area contributed by atoms with Crippen LogP contribution in [0.5, 0.6) is 0 Å². The molecule has 0 fully saturated rings. The van der Waals surface area contributed by atoms with Crippen LogP contribution in [0.15, 0.2) is 18.2 Å². The Kier molecular flexibility index (Phi) is 1.70. The van der Waals surface area contributed by atoms with Crippen molar-refractivity contribution in [2.75, 3.05) is 5.73 Å². The lowest BCUT2D eigenvalue weighted by atomic mass is 10.2. The third-order valence-electron chi connectivity index (χ3n) is 2.18. The van der Waals surface area contributed by atoms with E-state index in [0.29, 0.717) is 5.95 Å². The minimum Gasteiger partial charge on any atom is -0.392 e. The number of aliphatic hydroxyl groups is 1. The second kappa shape index (κ2) is 2.74. The van der Waals surface area contributed by atoms with Crippen molar-refractivity contribution in [1.82, 2.24) is 9.55 Å². The van der Waals surface area contributed by atoms with Crippen LogP contribution in [0.3, 0.4) is 0 Å². The summed E-state index contributed by atoms with van der Waals surface area (Å²) in [5.41, 5.74) is 8.23. The van der Waals surface area contributed by atoms with E-state index in [1.165, 1.54) is 0 Å². The van der Waals surface area contributed by atoms with Crippen molar-refractivity contribution < 1.29 is 5.11 Å². The average molecular weight is 177 g/mol. The number of rotatable bonds is 1. The molecule has 2 rings (SSSR count). The first kappa shape index (κ1) is 8.07. The van der Waals surface area contributed by atoms with E-state index >= 15 is 0 Å². The van der Waals surface area contributed by atoms with Crippen LogP contribution in [0, 0.1) is 0 Å². The molecule has 3 N–H and O–H groups in total. The predicted molar refractivity (Wildman–Crippen MR) is 51.0 cm³/mol. The molecule has 0 aliphatic rings. The van der Waals surface area contributed by atoms with E-state index in [0.717, 1.165) is 16.6 Å². The summed E-state index contributed by atoms with van der Waals surface area (Å²) >= 11 is 0. The van der Waals surface area contributed by atoms with Gasteiger partial charge in [-0.15, -0.1) is 0 Å². The monoisotopic (exact) mass is 177 g/mol. The van der Waals surface area contributed by atoms with Crippen molar-refractivity contribution in [3.8, 4) is 0 Å². The molecule has 0 aliphatic heterocycles. The van der Waals surface area contributed by atoms with Gasteiger partial charge in [-0.05, 0) is 6.07 Å². The molecule has 68 valence electrons. The third-order valence-corrected chi connectivity index (χ3v) is 2.18. The molecule has 13 heavy (non-hydrogen) atoms. The molecule has 0 aliphatic carbocycles. The van der Waals surface area contributed by atoms with Crippen molar-refractivity contribution in [3.63, 3.8) is 0 Å². The highest BCUT2D eigenvalue weighted by Gasteiger charge is 2.07. The summed E-state index contributed by atoms with van der Waals surface area (Å²) < 4.78 is 1.78. The van der Waals surface area contributed by atoms with Gasteiger partial charge < -0.3 is 15.4 Å². The maximum Gasteiger partial charge on any atom is 0.200 e. The summed E-state index contributed by atoms with van der Waals surface area (Å²) in [5, 5.41) is 9.09. The van der Waals surface area contributed by atoms with Gasteiger partial charge in [-0.2, -0.15) is 0 Å². The fourth-order valence-corrected chi connectivity index (χ4v) is 1.50. The van der Waals surface area contributed by atoms with Gasteiger partial charge in [-0.3, -0.25) is 0 Å².